The fourth-order valence-electron chi connectivity index (χ4n) is 2.40. The van der Waals surface area contributed by atoms with E-state index < -0.39 is 0 Å². The Morgan fingerprint density at radius 2 is 1.84 bits per heavy atom. The molecule has 1 heterocycles. The SMILES string of the molecule is Cc1csc(N(C(=O)COc2ccc(C)c(C)c2)c2ccccc2)n1. The highest BCUT2D eigenvalue weighted by molar-refractivity contribution is 7.14. The maximum absolute atomic E-state index is 12.8. The number of carbonyl (C=O) groups excluding carboxylic acids is 1. The summed E-state index contributed by atoms with van der Waals surface area (Å²) in [5, 5.41) is 2.58. The number of benzene rings is 2. The number of rotatable bonds is 5. The molecule has 0 saturated heterocycles. The van der Waals surface area contributed by atoms with E-state index in [9.17, 15) is 4.79 Å². The Hall–Kier alpha value is -2.66. The highest BCUT2D eigenvalue weighted by atomic mass is 32.1. The molecule has 2 aromatic carbocycles. The predicted octanol–water partition coefficient (Wildman–Crippen LogP) is 4.81. The van der Waals surface area contributed by atoms with Crippen LogP contribution in [0.4, 0.5) is 10.8 Å². The first-order chi connectivity index (χ1) is 12.0. The number of anilines is 2. The van der Waals surface area contributed by atoms with Gasteiger partial charge in [-0.05, 0) is 56.2 Å². The number of para-hydroxylation sites is 1. The topological polar surface area (TPSA) is 42.4 Å². The average Bonchev–Trinajstić information content (AvgIpc) is 3.03. The molecule has 0 aliphatic carbocycles. The van der Waals surface area contributed by atoms with Gasteiger partial charge in [0.05, 0.1) is 11.4 Å². The maximum Gasteiger partial charge on any atom is 0.271 e. The highest BCUT2D eigenvalue weighted by Crippen LogP contribution is 2.28. The minimum absolute atomic E-state index is 0.0456. The molecule has 0 bridgehead atoms. The predicted molar refractivity (Wildman–Crippen MR) is 102 cm³/mol. The maximum atomic E-state index is 12.8. The van der Waals surface area contributed by atoms with Crippen LogP contribution in [0.2, 0.25) is 0 Å². The number of carbonyl (C=O) groups is 1. The highest BCUT2D eigenvalue weighted by Gasteiger charge is 2.21. The third kappa shape index (κ3) is 4.06. The molecule has 0 radical (unpaired) electrons. The lowest BCUT2D eigenvalue weighted by Gasteiger charge is -2.20. The number of thiazole rings is 1. The van der Waals surface area contributed by atoms with Gasteiger partial charge in [-0.1, -0.05) is 24.3 Å². The van der Waals surface area contributed by atoms with Crippen molar-refractivity contribution in [2.75, 3.05) is 11.5 Å². The van der Waals surface area contributed by atoms with Crippen LogP contribution in [0.3, 0.4) is 0 Å². The van der Waals surface area contributed by atoms with E-state index in [0.717, 1.165) is 16.9 Å². The van der Waals surface area contributed by atoms with Crippen molar-refractivity contribution < 1.29 is 9.53 Å². The Bertz CT molecular complexity index is 874. The third-order valence-corrected chi connectivity index (χ3v) is 4.85. The number of ether oxygens (including phenoxy) is 1. The largest absolute Gasteiger partial charge is 0.484 e. The van der Waals surface area contributed by atoms with Gasteiger partial charge in [0.1, 0.15) is 5.75 Å². The Kier molecular flexibility index (Phi) is 5.14. The zero-order chi connectivity index (χ0) is 17.8. The normalized spacial score (nSPS) is 10.5. The van der Waals surface area contributed by atoms with E-state index in [1.165, 1.54) is 16.9 Å². The Morgan fingerprint density at radius 3 is 2.48 bits per heavy atom. The second-order valence-corrected chi connectivity index (χ2v) is 6.71. The molecule has 0 atom stereocenters. The molecule has 0 fully saturated rings. The van der Waals surface area contributed by atoms with E-state index in [1.54, 1.807) is 4.90 Å². The molecule has 0 spiro atoms. The van der Waals surface area contributed by atoms with Gasteiger partial charge in [-0.25, -0.2) is 4.98 Å². The van der Waals surface area contributed by atoms with Crippen LogP contribution in [0.25, 0.3) is 0 Å². The van der Waals surface area contributed by atoms with Crippen LogP contribution in [0, 0.1) is 20.8 Å². The summed E-state index contributed by atoms with van der Waals surface area (Å²) in [6, 6.07) is 15.3. The molecule has 0 aliphatic rings. The molecule has 5 heteroatoms. The van der Waals surface area contributed by atoms with Crippen molar-refractivity contribution in [3.05, 3.63) is 70.7 Å². The van der Waals surface area contributed by atoms with Crippen molar-refractivity contribution in [3.8, 4) is 5.75 Å². The van der Waals surface area contributed by atoms with Crippen LogP contribution in [-0.4, -0.2) is 17.5 Å². The molecule has 3 aromatic rings. The van der Waals surface area contributed by atoms with Crippen molar-refractivity contribution in [1.29, 1.82) is 0 Å². The molecule has 0 N–H and O–H groups in total. The molecule has 1 amide bonds. The van der Waals surface area contributed by atoms with Gasteiger partial charge < -0.3 is 4.74 Å². The summed E-state index contributed by atoms with van der Waals surface area (Å²) in [5.74, 6) is 0.540. The molecular weight excluding hydrogens is 332 g/mol. The number of hydrogen-bond donors (Lipinski definition) is 0. The van der Waals surface area contributed by atoms with E-state index in [0.29, 0.717) is 10.9 Å². The third-order valence-electron chi connectivity index (χ3n) is 3.90. The van der Waals surface area contributed by atoms with Crippen molar-refractivity contribution in [1.82, 2.24) is 4.98 Å². The Morgan fingerprint density at radius 1 is 1.08 bits per heavy atom. The molecule has 3 rings (SSSR count). The first-order valence-electron chi connectivity index (χ1n) is 8.05. The summed E-state index contributed by atoms with van der Waals surface area (Å²) in [4.78, 5) is 18.9. The monoisotopic (exact) mass is 352 g/mol. The first kappa shape index (κ1) is 17.2. The van der Waals surface area contributed by atoms with E-state index in [1.807, 2.05) is 74.7 Å². The molecule has 25 heavy (non-hydrogen) atoms. The summed E-state index contributed by atoms with van der Waals surface area (Å²) in [7, 11) is 0. The smallest absolute Gasteiger partial charge is 0.271 e. The first-order valence-corrected chi connectivity index (χ1v) is 8.93. The van der Waals surface area contributed by atoms with Crippen molar-refractivity contribution >= 4 is 28.1 Å². The van der Waals surface area contributed by atoms with Crippen LogP contribution in [0.15, 0.2) is 53.9 Å². The quantitative estimate of drug-likeness (QED) is 0.661. The Balaban J connectivity index is 1.81. The summed E-state index contributed by atoms with van der Waals surface area (Å²) in [5.41, 5.74) is 4.01. The summed E-state index contributed by atoms with van der Waals surface area (Å²) >= 11 is 1.45. The van der Waals surface area contributed by atoms with Gasteiger partial charge in [0.2, 0.25) is 0 Å². The minimum atomic E-state index is -0.154. The second-order valence-electron chi connectivity index (χ2n) is 5.87. The molecule has 4 nitrogen and oxygen atoms in total. The molecule has 0 aliphatic heterocycles. The zero-order valence-corrected chi connectivity index (χ0v) is 15.3. The fourth-order valence-corrected chi connectivity index (χ4v) is 3.23. The van der Waals surface area contributed by atoms with Gasteiger partial charge in [0.25, 0.3) is 5.91 Å². The summed E-state index contributed by atoms with van der Waals surface area (Å²) in [6.45, 7) is 5.94. The van der Waals surface area contributed by atoms with Gasteiger partial charge in [-0.2, -0.15) is 0 Å². The number of nitrogens with zero attached hydrogens (tertiary/aromatic N) is 2. The van der Waals surface area contributed by atoms with Gasteiger partial charge in [0, 0.05) is 5.38 Å². The lowest BCUT2D eigenvalue weighted by atomic mass is 10.1. The van der Waals surface area contributed by atoms with Crippen LogP contribution in [0.5, 0.6) is 5.75 Å². The van der Waals surface area contributed by atoms with E-state index in [4.69, 9.17) is 4.74 Å². The minimum Gasteiger partial charge on any atom is -0.484 e. The van der Waals surface area contributed by atoms with Gasteiger partial charge in [-0.15, -0.1) is 11.3 Å². The number of aromatic nitrogens is 1. The van der Waals surface area contributed by atoms with Crippen LogP contribution >= 0.6 is 11.3 Å². The average molecular weight is 352 g/mol. The standard InChI is InChI=1S/C20H20N2O2S/c1-14-9-10-18(11-15(14)2)24-12-19(23)22(17-7-5-4-6-8-17)20-21-16(3)13-25-20/h4-11,13H,12H2,1-3H3. The number of hydrogen-bond acceptors (Lipinski definition) is 4. The van der Waals surface area contributed by atoms with E-state index in [-0.39, 0.29) is 12.5 Å². The van der Waals surface area contributed by atoms with Gasteiger partial charge in [0.15, 0.2) is 11.7 Å². The molecule has 0 unspecified atom stereocenters. The molecular formula is C20H20N2O2S. The molecule has 1 aromatic heterocycles. The van der Waals surface area contributed by atoms with Crippen LogP contribution in [-0.2, 0) is 4.79 Å². The molecule has 0 saturated carbocycles. The second kappa shape index (κ2) is 7.49. The Labute approximate surface area is 151 Å². The van der Waals surface area contributed by atoms with E-state index >= 15 is 0 Å². The van der Waals surface area contributed by atoms with Gasteiger partial charge >= 0.3 is 0 Å². The lowest BCUT2D eigenvalue weighted by molar-refractivity contribution is -0.119. The zero-order valence-electron chi connectivity index (χ0n) is 14.5. The number of aryl methyl sites for hydroxylation is 3. The van der Waals surface area contributed by atoms with Crippen molar-refractivity contribution in [2.45, 2.75) is 20.8 Å². The van der Waals surface area contributed by atoms with Crippen LogP contribution in [0.1, 0.15) is 16.8 Å². The summed E-state index contributed by atoms with van der Waals surface area (Å²) in [6.07, 6.45) is 0. The lowest BCUT2D eigenvalue weighted by Crippen LogP contribution is -2.30. The number of amides is 1. The van der Waals surface area contributed by atoms with Gasteiger partial charge in [-0.3, -0.25) is 9.69 Å². The van der Waals surface area contributed by atoms with Crippen molar-refractivity contribution in [2.24, 2.45) is 0 Å². The summed E-state index contributed by atoms with van der Waals surface area (Å²) < 4.78 is 5.72. The van der Waals surface area contributed by atoms with Crippen LogP contribution < -0.4 is 9.64 Å². The molecule has 128 valence electrons. The van der Waals surface area contributed by atoms with Crippen molar-refractivity contribution in [3.63, 3.8) is 0 Å². The fraction of sp³-hybridized carbons (Fsp3) is 0.200. The van der Waals surface area contributed by atoms with E-state index in [2.05, 4.69) is 4.98 Å².